The minimum atomic E-state index is -0.261. The fourth-order valence-electron chi connectivity index (χ4n) is 1.73. The second kappa shape index (κ2) is 6.01. The summed E-state index contributed by atoms with van der Waals surface area (Å²) in [5.41, 5.74) is 2.91. The van der Waals surface area contributed by atoms with Crippen LogP contribution >= 0.6 is 0 Å². The zero-order valence-corrected chi connectivity index (χ0v) is 11.1. The fourth-order valence-corrected chi connectivity index (χ4v) is 1.73. The van der Waals surface area contributed by atoms with Gasteiger partial charge in [0, 0.05) is 19.3 Å². The molecule has 0 spiro atoms. The van der Waals surface area contributed by atoms with Crippen LogP contribution in [0.3, 0.4) is 0 Å². The van der Waals surface area contributed by atoms with Gasteiger partial charge < -0.3 is 9.64 Å². The van der Waals surface area contributed by atoms with Crippen molar-refractivity contribution in [2.45, 2.75) is 20.3 Å². The molecule has 0 atom stereocenters. The van der Waals surface area contributed by atoms with Crippen molar-refractivity contribution in [2.24, 2.45) is 0 Å². The average molecular weight is 247 g/mol. The van der Waals surface area contributed by atoms with Gasteiger partial charge in [0.15, 0.2) is 0 Å². The number of nitrogens with zero attached hydrogens (tertiary/aromatic N) is 3. The van der Waals surface area contributed by atoms with Crippen LogP contribution in [0.4, 0.5) is 5.69 Å². The van der Waals surface area contributed by atoms with Crippen LogP contribution < -0.4 is 4.90 Å². The summed E-state index contributed by atoms with van der Waals surface area (Å²) in [7, 11) is 3.21. The highest BCUT2D eigenvalue weighted by Gasteiger charge is 2.13. The van der Waals surface area contributed by atoms with Crippen LogP contribution in [0.15, 0.2) is 6.07 Å². The molecule has 0 amide bonds. The Bertz CT molecular complexity index is 492. The van der Waals surface area contributed by atoms with Crippen molar-refractivity contribution in [1.82, 2.24) is 4.98 Å². The number of hydrogen-bond donors (Lipinski definition) is 0. The van der Waals surface area contributed by atoms with Crippen LogP contribution in [0.2, 0.25) is 0 Å². The summed E-state index contributed by atoms with van der Waals surface area (Å²) in [6.07, 6.45) is 0.290. The smallest absolute Gasteiger partial charge is 0.307 e. The number of ether oxygens (including phenoxy) is 1. The highest BCUT2D eigenvalue weighted by atomic mass is 16.5. The van der Waals surface area contributed by atoms with Gasteiger partial charge in [-0.2, -0.15) is 5.26 Å². The maximum absolute atomic E-state index is 11.1. The molecule has 0 aliphatic carbocycles. The lowest BCUT2D eigenvalue weighted by Crippen LogP contribution is -2.23. The van der Waals surface area contributed by atoms with Crippen molar-refractivity contribution in [2.75, 3.05) is 25.6 Å². The Labute approximate surface area is 107 Å². The van der Waals surface area contributed by atoms with Gasteiger partial charge in [0.25, 0.3) is 0 Å². The lowest BCUT2D eigenvalue weighted by molar-refractivity contribution is -0.140. The molecule has 0 bridgehead atoms. The number of pyridine rings is 1. The van der Waals surface area contributed by atoms with E-state index in [2.05, 4.69) is 15.8 Å². The molecule has 1 aromatic rings. The number of carbonyl (C=O) groups is 1. The van der Waals surface area contributed by atoms with Gasteiger partial charge in [-0.25, -0.2) is 0 Å². The summed E-state index contributed by atoms with van der Waals surface area (Å²) in [5, 5.41) is 9.15. The first kappa shape index (κ1) is 14.0. The van der Waals surface area contributed by atoms with Gasteiger partial charge in [-0.05, 0) is 19.9 Å². The predicted octanol–water partition coefficient (Wildman–Crippen LogP) is 1.57. The highest BCUT2D eigenvalue weighted by molar-refractivity contribution is 5.70. The average Bonchev–Trinajstić information content (AvgIpc) is 2.34. The number of hydrogen-bond acceptors (Lipinski definition) is 5. The van der Waals surface area contributed by atoms with E-state index in [1.165, 1.54) is 7.11 Å². The molecule has 5 heteroatoms. The monoisotopic (exact) mass is 247 g/mol. The predicted molar refractivity (Wildman–Crippen MR) is 68.3 cm³/mol. The largest absolute Gasteiger partial charge is 0.469 e. The van der Waals surface area contributed by atoms with Gasteiger partial charge in [0.1, 0.15) is 6.07 Å². The molecule has 1 rings (SSSR count). The summed E-state index contributed by atoms with van der Waals surface area (Å²) < 4.78 is 4.60. The minimum absolute atomic E-state index is 0.261. The van der Waals surface area contributed by atoms with E-state index in [-0.39, 0.29) is 12.4 Å². The minimum Gasteiger partial charge on any atom is -0.469 e. The summed E-state index contributed by atoms with van der Waals surface area (Å²) in [6, 6.07) is 4.00. The first-order valence-corrected chi connectivity index (χ1v) is 5.66. The van der Waals surface area contributed by atoms with Crippen molar-refractivity contribution in [3.8, 4) is 6.07 Å². The van der Waals surface area contributed by atoms with Crippen molar-refractivity contribution >= 4 is 11.7 Å². The van der Waals surface area contributed by atoms with Gasteiger partial charge in [-0.1, -0.05) is 0 Å². The standard InChI is InChI=1S/C13H17N3O2/c1-9-7-12(11(8-14)10(2)15-9)16(3)6-5-13(17)18-4/h7H,5-6H2,1-4H3. The number of methoxy groups -OCH3 is 1. The van der Waals surface area contributed by atoms with E-state index in [0.717, 1.165) is 11.4 Å². The SMILES string of the molecule is COC(=O)CCN(C)c1cc(C)nc(C)c1C#N. The Morgan fingerprint density at radius 1 is 1.56 bits per heavy atom. The molecule has 0 aliphatic heterocycles. The third-order valence-corrected chi connectivity index (χ3v) is 2.71. The maximum Gasteiger partial charge on any atom is 0.307 e. The van der Waals surface area contributed by atoms with Crippen LogP contribution in [-0.4, -0.2) is 31.7 Å². The van der Waals surface area contributed by atoms with Gasteiger partial charge in [0.2, 0.25) is 0 Å². The van der Waals surface area contributed by atoms with Crippen LogP contribution in [0, 0.1) is 25.2 Å². The molecule has 1 heterocycles. The lowest BCUT2D eigenvalue weighted by atomic mass is 10.1. The van der Waals surface area contributed by atoms with E-state index in [9.17, 15) is 4.79 Å². The molecule has 0 aromatic carbocycles. The zero-order valence-electron chi connectivity index (χ0n) is 11.1. The maximum atomic E-state index is 11.1. The molecule has 96 valence electrons. The van der Waals surface area contributed by atoms with Crippen molar-refractivity contribution in [3.63, 3.8) is 0 Å². The molecule has 0 unspecified atom stereocenters. The van der Waals surface area contributed by atoms with Gasteiger partial charge >= 0.3 is 5.97 Å². The molecule has 0 aliphatic rings. The molecular formula is C13H17N3O2. The first-order chi connectivity index (χ1) is 8.49. The van der Waals surface area contributed by atoms with Crippen LogP contribution in [-0.2, 0) is 9.53 Å². The third kappa shape index (κ3) is 3.20. The van der Waals surface area contributed by atoms with Crippen LogP contribution in [0.25, 0.3) is 0 Å². The second-order valence-electron chi connectivity index (χ2n) is 4.10. The highest BCUT2D eigenvalue weighted by Crippen LogP contribution is 2.22. The van der Waals surface area contributed by atoms with E-state index in [1.807, 2.05) is 31.9 Å². The van der Waals surface area contributed by atoms with E-state index < -0.39 is 0 Å². The number of esters is 1. The van der Waals surface area contributed by atoms with E-state index in [1.54, 1.807) is 0 Å². The Balaban J connectivity index is 2.95. The number of carbonyl (C=O) groups excluding carboxylic acids is 1. The Hall–Kier alpha value is -2.09. The van der Waals surface area contributed by atoms with Gasteiger partial charge in [0.05, 0.1) is 30.5 Å². The molecule has 0 radical (unpaired) electrons. The van der Waals surface area contributed by atoms with Crippen LogP contribution in [0.5, 0.6) is 0 Å². The Morgan fingerprint density at radius 3 is 2.78 bits per heavy atom. The summed E-state index contributed by atoms with van der Waals surface area (Å²) in [5.74, 6) is -0.261. The second-order valence-corrected chi connectivity index (χ2v) is 4.10. The lowest BCUT2D eigenvalue weighted by Gasteiger charge is -2.21. The molecule has 5 nitrogen and oxygen atoms in total. The van der Waals surface area contributed by atoms with Crippen molar-refractivity contribution < 1.29 is 9.53 Å². The van der Waals surface area contributed by atoms with Crippen molar-refractivity contribution in [1.29, 1.82) is 5.26 Å². The third-order valence-electron chi connectivity index (χ3n) is 2.71. The molecule has 0 N–H and O–H groups in total. The molecule has 0 fully saturated rings. The number of rotatable bonds is 4. The number of aryl methyl sites for hydroxylation is 2. The molecular weight excluding hydrogens is 230 g/mol. The normalized spacial score (nSPS) is 9.72. The quantitative estimate of drug-likeness (QED) is 0.755. The Morgan fingerprint density at radius 2 is 2.22 bits per heavy atom. The molecule has 1 aromatic heterocycles. The Kier molecular flexibility index (Phi) is 4.67. The summed E-state index contributed by atoms with van der Waals surface area (Å²) in [4.78, 5) is 17.2. The topological polar surface area (TPSA) is 66.2 Å². The molecule has 0 saturated heterocycles. The zero-order chi connectivity index (χ0) is 13.7. The van der Waals surface area contributed by atoms with E-state index >= 15 is 0 Å². The van der Waals surface area contributed by atoms with Gasteiger partial charge in [-0.3, -0.25) is 9.78 Å². The molecule has 18 heavy (non-hydrogen) atoms. The van der Waals surface area contributed by atoms with Gasteiger partial charge in [-0.15, -0.1) is 0 Å². The molecule has 0 saturated carbocycles. The number of nitriles is 1. The van der Waals surface area contributed by atoms with E-state index in [0.29, 0.717) is 17.8 Å². The van der Waals surface area contributed by atoms with Crippen molar-refractivity contribution in [3.05, 3.63) is 23.0 Å². The summed E-state index contributed by atoms with van der Waals surface area (Å²) in [6.45, 7) is 4.19. The number of anilines is 1. The first-order valence-electron chi connectivity index (χ1n) is 5.66. The van der Waals surface area contributed by atoms with Crippen LogP contribution in [0.1, 0.15) is 23.4 Å². The number of aromatic nitrogens is 1. The van der Waals surface area contributed by atoms with E-state index in [4.69, 9.17) is 5.26 Å². The fraction of sp³-hybridized carbons (Fsp3) is 0.462. The summed E-state index contributed by atoms with van der Waals surface area (Å²) >= 11 is 0.